The van der Waals surface area contributed by atoms with E-state index in [4.69, 9.17) is 9.84 Å². The van der Waals surface area contributed by atoms with E-state index in [0.29, 0.717) is 44.5 Å². The molecule has 38 heavy (non-hydrogen) atoms. The van der Waals surface area contributed by atoms with Crippen LogP contribution in [0.4, 0.5) is 28.0 Å². The van der Waals surface area contributed by atoms with E-state index in [9.17, 15) is 22.4 Å². The molecular formula is C29H32F4N2O3. The minimum Gasteiger partial charge on any atom is -0.441 e. The molecule has 2 aromatic carbocycles. The van der Waals surface area contributed by atoms with Gasteiger partial charge in [0, 0.05) is 44.6 Å². The number of halogens is 4. The Morgan fingerprint density at radius 1 is 1.03 bits per heavy atom. The van der Waals surface area contributed by atoms with Gasteiger partial charge in [0.25, 0.3) is 0 Å². The Labute approximate surface area is 220 Å². The van der Waals surface area contributed by atoms with Crippen molar-refractivity contribution in [1.29, 1.82) is 0 Å². The van der Waals surface area contributed by atoms with Crippen molar-refractivity contribution >= 4 is 17.4 Å². The van der Waals surface area contributed by atoms with Crippen molar-refractivity contribution in [1.82, 2.24) is 4.90 Å². The maximum atomic E-state index is 14.6. The molecule has 0 radical (unpaired) electrons. The van der Waals surface area contributed by atoms with Gasteiger partial charge in [0.2, 0.25) is 0 Å². The van der Waals surface area contributed by atoms with Crippen molar-refractivity contribution in [2.45, 2.75) is 38.7 Å². The van der Waals surface area contributed by atoms with E-state index in [0.717, 1.165) is 11.6 Å². The van der Waals surface area contributed by atoms with E-state index in [1.807, 2.05) is 19.1 Å². The molecule has 2 aromatic rings. The number of hydrogen-bond acceptors (Lipinski definition) is 4. The van der Waals surface area contributed by atoms with Gasteiger partial charge in [0.05, 0.1) is 12.2 Å². The molecule has 1 atom stereocenters. The van der Waals surface area contributed by atoms with E-state index < -0.39 is 35.0 Å². The van der Waals surface area contributed by atoms with Crippen LogP contribution in [0.5, 0.6) is 0 Å². The van der Waals surface area contributed by atoms with Gasteiger partial charge in [-0.15, -0.1) is 0 Å². The lowest BCUT2D eigenvalue weighted by molar-refractivity contribution is 0.00321. The number of hydrogen-bond donors (Lipinski definition) is 1. The molecule has 1 spiro atoms. The molecule has 1 amide bonds. The average molecular weight is 533 g/mol. The molecule has 0 saturated carbocycles. The molecule has 3 aliphatic rings. The normalized spacial score (nSPS) is 21.0. The Morgan fingerprint density at radius 3 is 2.39 bits per heavy atom. The predicted octanol–water partition coefficient (Wildman–Crippen LogP) is 6.08. The second-order valence-corrected chi connectivity index (χ2v) is 9.95. The minimum absolute atomic E-state index is 0.0915. The number of piperidine rings is 1. The summed E-state index contributed by atoms with van der Waals surface area (Å²) in [7, 11) is 0. The zero-order valence-electron chi connectivity index (χ0n) is 21.5. The third-order valence-electron chi connectivity index (χ3n) is 7.17. The molecule has 2 heterocycles. The summed E-state index contributed by atoms with van der Waals surface area (Å²) in [4.78, 5) is 16.1. The van der Waals surface area contributed by atoms with Crippen LogP contribution in [0.25, 0.3) is 5.57 Å². The number of anilines is 1. The van der Waals surface area contributed by atoms with Gasteiger partial charge >= 0.3 is 6.09 Å². The predicted molar refractivity (Wildman–Crippen MR) is 138 cm³/mol. The van der Waals surface area contributed by atoms with Gasteiger partial charge in [0.1, 0.15) is 11.4 Å². The quantitative estimate of drug-likeness (QED) is 0.383. The number of rotatable bonds is 4. The Bertz CT molecular complexity index is 1240. The van der Waals surface area contributed by atoms with Crippen molar-refractivity contribution in [3.8, 4) is 0 Å². The molecule has 0 bridgehead atoms. The molecule has 2 saturated heterocycles. The van der Waals surface area contributed by atoms with Crippen LogP contribution in [0.1, 0.15) is 38.7 Å². The Kier molecular flexibility index (Phi) is 8.57. The van der Waals surface area contributed by atoms with Crippen molar-refractivity contribution in [3.63, 3.8) is 0 Å². The number of carbonyl (C=O) groups excluding carboxylic acids is 1. The maximum Gasteiger partial charge on any atom is 0.415 e. The van der Waals surface area contributed by atoms with Gasteiger partial charge in [-0.1, -0.05) is 31.2 Å². The highest BCUT2D eigenvalue weighted by Crippen LogP contribution is 2.38. The van der Waals surface area contributed by atoms with E-state index in [1.165, 1.54) is 17.0 Å². The Morgan fingerprint density at radius 2 is 1.71 bits per heavy atom. The number of likely N-dealkylation sites (tertiary alicyclic amines) is 1. The number of aliphatic hydroxyl groups is 1. The van der Waals surface area contributed by atoms with E-state index in [2.05, 4.69) is 4.90 Å². The number of para-hydroxylation sites is 1. The summed E-state index contributed by atoms with van der Waals surface area (Å²) in [6, 6.07) is 8.39. The standard InChI is InChI=1S/C27H26F4N2O2.C2H6O/c1-17-6-7-18(20(14-17)19-8-9-22(29)25(31)24(19)30)15-32-12-10-27(11-13-32)16-33(26(34)35-27)23-5-3-2-4-21(23)28;1-2-3/h2-9,17H,10-16H2,1H3;3H,2H2,1H3. The Hall–Kier alpha value is -3.17. The van der Waals surface area contributed by atoms with Crippen molar-refractivity contribution in [2.24, 2.45) is 5.92 Å². The summed E-state index contributed by atoms with van der Waals surface area (Å²) in [5, 5.41) is 7.57. The highest BCUT2D eigenvalue weighted by molar-refractivity contribution is 5.90. The molecule has 2 fully saturated rings. The van der Waals surface area contributed by atoms with Gasteiger partial charge in [0.15, 0.2) is 17.5 Å². The van der Waals surface area contributed by atoms with Crippen molar-refractivity contribution in [2.75, 3.05) is 37.7 Å². The number of allylic oxidation sites excluding steroid dienone is 2. The average Bonchev–Trinajstić information content (AvgIpc) is 3.21. The van der Waals surface area contributed by atoms with Gasteiger partial charge in [-0.25, -0.2) is 22.4 Å². The van der Waals surface area contributed by atoms with Crippen LogP contribution in [-0.4, -0.2) is 54.5 Å². The minimum atomic E-state index is -1.46. The lowest BCUT2D eigenvalue weighted by Crippen LogP contribution is -2.47. The van der Waals surface area contributed by atoms with Crippen LogP contribution in [0.3, 0.4) is 0 Å². The smallest absolute Gasteiger partial charge is 0.415 e. The Balaban J connectivity index is 0.00000107. The van der Waals surface area contributed by atoms with Crippen molar-refractivity contribution < 1.29 is 32.2 Å². The fraction of sp³-hybridized carbons (Fsp3) is 0.414. The van der Waals surface area contributed by atoms with Crippen LogP contribution in [0, 0.1) is 29.2 Å². The highest BCUT2D eigenvalue weighted by Gasteiger charge is 2.48. The molecule has 2 aliphatic heterocycles. The molecule has 204 valence electrons. The first kappa shape index (κ1) is 27.9. The fourth-order valence-corrected chi connectivity index (χ4v) is 5.19. The monoisotopic (exact) mass is 532 g/mol. The second kappa shape index (κ2) is 11.7. The summed E-state index contributed by atoms with van der Waals surface area (Å²) >= 11 is 0. The zero-order chi connectivity index (χ0) is 27.4. The number of aliphatic hydroxyl groups excluding tert-OH is 1. The zero-order valence-corrected chi connectivity index (χ0v) is 21.5. The van der Waals surface area contributed by atoms with Crippen LogP contribution >= 0.6 is 0 Å². The number of carbonyl (C=O) groups is 1. The van der Waals surface area contributed by atoms with Crippen LogP contribution in [-0.2, 0) is 4.74 Å². The molecule has 5 nitrogen and oxygen atoms in total. The van der Waals surface area contributed by atoms with Gasteiger partial charge in [-0.05, 0) is 54.7 Å². The van der Waals surface area contributed by atoms with Crippen LogP contribution in [0.15, 0.2) is 54.1 Å². The largest absolute Gasteiger partial charge is 0.441 e. The summed E-state index contributed by atoms with van der Waals surface area (Å²) < 4.78 is 62.0. The summed E-state index contributed by atoms with van der Waals surface area (Å²) in [6.07, 6.45) is 5.10. The summed E-state index contributed by atoms with van der Waals surface area (Å²) in [5.74, 6) is -4.15. The van der Waals surface area contributed by atoms with Gasteiger partial charge in [-0.3, -0.25) is 9.80 Å². The summed E-state index contributed by atoms with van der Waals surface area (Å²) in [5.41, 5.74) is 1.15. The lowest BCUT2D eigenvalue weighted by Gasteiger charge is -2.38. The maximum absolute atomic E-state index is 14.6. The number of ether oxygens (including phenoxy) is 1. The molecule has 1 N–H and O–H groups in total. The number of amides is 1. The first-order valence-corrected chi connectivity index (χ1v) is 12.8. The molecule has 9 heteroatoms. The first-order valence-electron chi connectivity index (χ1n) is 12.8. The molecular weight excluding hydrogens is 500 g/mol. The van der Waals surface area contributed by atoms with Crippen LogP contribution < -0.4 is 4.90 Å². The third-order valence-corrected chi connectivity index (χ3v) is 7.17. The van der Waals surface area contributed by atoms with Gasteiger partial charge in [-0.2, -0.15) is 0 Å². The SMILES string of the molecule is CC1C=CC(CN2CCC3(CC2)CN(c2ccccc2F)C(=O)O3)=C(c2ccc(F)c(F)c2F)C1.CCO. The van der Waals surface area contributed by atoms with Gasteiger partial charge < -0.3 is 9.84 Å². The van der Waals surface area contributed by atoms with Crippen molar-refractivity contribution in [3.05, 3.63) is 83.0 Å². The molecule has 1 aliphatic carbocycles. The molecule has 1 unspecified atom stereocenters. The van der Waals surface area contributed by atoms with E-state index in [-0.39, 0.29) is 30.3 Å². The highest BCUT2D eigenvalue weighted by atomic mass is 19.2. The number of benzene rings is 2. The topological polar surface area (TPSA) is 53.0 Å². The molecule has 0 aromatic heterocycles. The molecule has 5 rings (SSSR count). The second-order valence-electron chi connectivity index (χ2n) is 9.95. The fourth-order valence-electron chi connectivity index (χ4n) is 5.19. The first-order chi connectivity index (χ1) is 18.2. The van der Waals surface area contributed by atoms with Crippen LogP contribution in [0.2, 0.25) is 0 Å². The van der Waals surface area contributed by atoms with E-state index in [1.54, 1.807) is 25.1 Å². The lowest BCUT2D eigenvalue weighted by atomic mass is 9.85. The number of nitrogens with zero attached hydrogens (tertiary/aromatic N) is 2. The summed E-state index contributed by atoms with van der Waals surface area (Å²) in [6.45, 7) is 5.97. The third kappa shape index (κ3) is 5.78. The van der Waals surface area contributed by atoms with E-state index >= 15 is 0 Å².